The van der Waals surface area contributed by atoms with Gasteiger partial charge < -0.3 is 10.4 Å². The number of amides is 1. The number of nitrogens with zero attached hydrogens (tertiary/aromatic N) is 3. The summed E-state index contributed by atoms with van der Waals surface area (Å²) in [4.78, 5) is 16.7. The van der Waals surface area contributed by atoms with Gasteiger partial charge in [0.15, 0.2) is 11.6 Å². The van der Waals surface area contributed by atoms with Crippen LogP contribution in [-0.2, 0) is 0 Å². The fourth-order valence-corrected chi connectivity index (χ4v) is 2.67. The van der Waals surface area contributed by atoms with Gasteiger partial charge in [-0.25, -0.2) is 9.67 Å². The van der Waals surface area contributed by atoms with E-state index in [0.717, 1.165) is 0 Å². The van der Waals surface area contributed by atoms with Gasteiger partial charge >= 0.3 is 0 Å². The molecule has 0 atom stereocenters. The van der Waals surface area contributed by atoms with Crippen LogP contribution in [0.5, 0.6) is 5.75 Å². The molecule has 24 heavy (non-hydrogen) atoms. The summed E-state index contributed by atoms with van der Waals surface area (Å²) in [5.41, 5.74) is 1.40. The smallest absolute Gasteiger partial charge is 0.259 e. The second-order valence-electron chi connectivity index (χ2n) is 4.99. The summed E-state index contributed by atoms with van der Waals surface area (Å²) in [5, 5.41) is 16.5. The number of hydrogen-bond acceptors (Lipinski definition) is 4. The topological polar surface area (TPSA) is 80.0 Å². The Bertz CT molecular complexity index is 887. The van der Waals surface area contributed by atoms with Crippen molar-refractivity contribution in [1.82, 2.24) is 14.8 Å². The van der Waals surface area contributed by atoms with E-state index >= 15 is 0 Å². The van der Waals surface area contributed by atoms with E-state index in [2.05, 4.69) is 15.4 Å². The molecule has 2 heterocycles. The standard InChI is InChI=1S/C16H12Cl2N4O2/c1-9-11(8-20-22(9)14-4-2-3-5-19-14)16(24)21-10-6-12(17)15(23)13(18)7-10/h2-8,23H,1H3,(H,21,24). The zero-order valence-corrected chi connectivity index (χ0v) is 14.0. The van der Waals surface area contributed by atoms with E-state index in [0.29, 0.717) is 22.8 Å². The Hall–Kier alpha value is -2.57. The maximum absolute atomic E-state index is 12.5. The second-order valence-corrected chi connectivity index (χ2v) is 5.80. The van der Waals surface area contributed by atoms with Crippen LogP contribution < -0.4 is 5.32 Å². The van der Waals surface area contributed by atoms with Crippen LogP contribution in [0.2, 0.25) is 10.0 Å². The van der Waals surface area contributed by atoms with Gasteiger partial charge in [0.2, 0.25) is 0 Å². The third-order valence-electron chi connectivity index (χ3n) is 3.40. The van der Waals surface area contributed by atoms with E-state index in [-0.39, 0.29) is 21.7 Å². The number of hydrogen-bond donors (Lipinski definition) is 2. The van der Waals surface area contributed by atoms with Crippen molar-refractivity contribution < 1.29 is 9.90 Å². The van der Waals surface area contributed by atoms with E-state index < -0.39 is 0 Å². The number of carbonyl (C=O) groups is 1. The highest BCUT2D eigenvalue weighted by molar-refractivity contribution is 6.37. The van der Waals surface area contributed by atoms with Crippen LogP contribution in [0, 0.1) is 6.92 Å². The Morgan fingerprint density at radius 2 is 1.96 bits per heavy atom. The Balaban J connectivity index is 1.88. The predicted molar refractivity (Wildman–Crippen MR) is 92.2 cm³/mol. The molecule has 3 aromatic rings. The zero-order chi connectivity index (χ0) is 17.3. The number of anilines is 1. The van der Waals surface area contributed by atoms with E-state index in [1.807, 2.05) is 6.07 Å². The number of pyridine rings is 1. The molecule has 2 aromatic heterocycles. The molecule has 0 spiro atoms. The van der Waals surface area contributed by atoms with E-state index in [1.165, 1.54) is 18.3 Å². The molecule has 0 fully saturated rings. The van der Waals surface area contributed by atoms with Crippen LogP contribution in [0.3, 0.4) is 0 Å². The normalized spacial score (nSPS) is 10.6. The summed E-state index contributed by atoms with van der Waals surface area (Å²) in [7, 11) is 0. The first-order chi connectivity index (χ1) is 11.5. The minimum Gasteiger partial charge on any atom is -0.505 e. The molecule has 0 radical (unpaired) electrons. The number of nitrogens with one attached hydrogen (secondary N) is 1. The average molecular weight is 363 g/mol. The number of rotatable bonds is 3. The first-order valence-electron chi connectivity index (χ1n) is 6.92. The van der Waals surface area contributed by atoms with Gasteiger partial charge in [0.25, 0.3) is 5.91 Å². The van der Waals surface area contributed by atoms with Crippen LogP contribution in [0.15, 0.2) is 42.7 Å². The number of phenols is 1. The number of aromatic hydroxyl groups is 1. The van der Waals surface area contributed by atoms with Gasteiger partial charge in [-0.2, -0.15) is 5.10 Å². The number of aromatic nitrogens is 3. The summed E-state index contributed by atoms with van der Waals surface area (Å²) < 4.78 is 1.58. The van der Waals surface area contributed by atoms with Gasteiger partial charge in [0, 0.05) is 11.9 Å². The van der Waals surface area contributed by atoms with Crippen molar-refractivity contribution in [2.75, 3.05) is 5.32 Å². The molecule has 0 aliphatic heterocycles. The Morgan fingerprint density at radius 3 is 2.58 bits per heavy atom. The first-order valence-corrected chi connectivity index (χ1v) is 7.68. The summed E-state index contributed by atoms with van der Waals surface area (Å²) in [6.45, 7) is 1.77. The highest BCUT2D eigenvalue weighted by Gasteiger charge is 2.17. The average Bonchev–Trinajstić information content (AvgIpc) is 2.95. The quantitative estimate of drug-likeness (QED) is 0.693. The highest BCUT2D eigenvalue weighted by Crippen LogP contribution is 2.34. The lowest BCUT2D eigenvalue weighted by Crippen LogP contribution is -2.13. The van der Waals surface area contributed by atoms with Crippen molar-refractivity contribution in [2.45, 2.75) is 6.92 Å². The minimum atomic E-state index is -0.368. The fraction of sp³-hybridized carbons (Fsp3) is 0.0625. The summed E-state index contributed by atoms with van der Waals surface area (Å²) in [6, 6.07) is 8.26. The molecule has 0 saturated carbocycles. The molecule has 0 unspecified atom stereocenters. The molecule has 0 saturated heterocycles. The maximum Gasteiger partial charge on any atom is 0.259 e. The third kappa shape index (κ3) is 3.06. The van der Waals surface area contributed by atoms with E-state index in [4.69, 9.17) is 23.2 Å². The molecular formula is C16H12Cl2N4O2. The molecule has 0 bridgehead atoms. The number of carbonyl (C=O) groups excluding carboxylic acids is 1. The molecule has 8 heteroatoms. The minimum absolute atomic E-state index is 0.0544. The van der Waals surface area contributed by atoms with Crippen LogP contribution in [-0.4, -0.2) is 25.8 Å². The highest BCUT2D eigenvalue weighted by atomic mass is 35.5. The van der Waals surface area contributed by atoms with Crippen molar-refractivity contribution in [1.29, 1.82) is 0 Å². The SMILES string of the molecule is Cc1c(C(=O)Nc2cc(Cl)c(O)c(Cl)c2)cnn1-c1ccccn1. The van der Waals surface area contributed by atoms with Gasteiger partial charge in [0.1, 0.15) is 0 Å². The number of benzene rings is 1. The van der Waals surface area contributed by atoms with Crippen molar-refractivity contribution in [3.63, 3.8) is 0 Å². The fourth-order valence-electron chi connectivity index (χ4n) is 2.18. The van der Waals surface area contributed by atoms with E-state index in [9.17, 15) is 9.90 Å². The molecule has 0 aliphatic rings. The lowest BCUT2D eigenvalue weighted by Gasteiger charge is -2.08. The van der Waals surface area contributed by atoms with Crippen LogP contribution >= 0.6 is 23.2 Å². The van der Waals surface area contributed by atoms with Crippen molar-refractivity contribution in [2.24, 2.45) is 0 Å². The van der Waals surface area contributed by atoms with Gasteiger partial charge in [-0.05, 0) is 31.2 Å². The number of halogens is 2. The Kier molecular flexibility index (Phi) is 4.42. The van der Waals surface area contributed by atoms with Gasteiger partial charge in [-0.3, -0.25) is 4.79 Å². The van der Waals surface area contributed by atoms with Crippen molar-refractivity contribution in [3.8, 4) is 11.6 Å². The summed E-state index contributed by atoms with van der Waals surface area (Å²) >= 11 is 11.7. The third-order valence-corrected chi connectivity index (χ3v) is 3.97. The van der Waals surface area contributed by atoms with Crippen molar-refractivity contribution >= 4 is 34.8 Å². The van der Waals surface area contributed by atoms with Crippen molar-refractivity contribution in [3.05, 3.63) is 64.0 Å². The van der Waals surface area contributed by atoms with Gasteiger partial charge in [0.05, 0.1) is 27.5 Å². The predicted octanol–water partition coefficient (Wildman–Crippen LogP) is 3.84. The largest absolute Gasteiger partial charge is 0.505 e. The van der Waals surface area contributed by atoms with Crippen LogP contribution in [0.25, 0.3) is 5.82 Å². The molecule has 1 amide bonds. The molecule has 122 valence electrons. The molecule has 6 nitrogen and oxygen atoms in total. The van der Waals surface area contributed by atoms with Crippen LogP contribution in [0.4, 0.5) is 5.69 Å². The molecule has 3 rings (SSSR count). The lowest BCUT2D eigenvalue weighted by molar-refractivity contribution is 0.102. The van der Waals surface area contributed by atoms with E-state index in [1.54, 1.807) is 29.9 Å². The molecule has 1 aromatic carbocycles. The molecule has 0 aliphatic carbocycles. The zero-order valence-electron chi connectivity index (χ0n) is 12.5. The summed E-state index contributed by atoms with van der Waals surface area (Å²) in [5.74, 6) is 0.0211. The summed E-state index contributed by atoms with van der Waals surface area (Å²) in [6.07, 6.45) is 3.11. The van der Waals surface area contributed by atoms with Gasteiger partial charge in [-0.1, -0.05) is 29.3 Å². The molecular weight excluding hydrogens is 351 g/mol. The lowest BCUT2D eigenvalue weighted by atomic mass is 10.2. The number of phenolic OH excluding ortho intramolecular Hbond substituents is 1. The second kappa shape index (κ2) is 6.51. The first kappa shape index (κ1) is 16.3. The monoisotopic (exact) mass is 362 g/mol. The Morgan fingerprint density at radius 1 is 1.25 bits per heavy atom. The van der Waals surface area contributed by atoms with Crippen LogP contribution in [0.1, 0.15) is 16.1 Å². The molecule has 2 N–H and O–H groups in total. The Labute approximate surface area is 147 Å². The maximum atomic E-state index is 12.5. The van der Waals surface area contributed by atoms with Gasteiger partial charge in [-0.15, -0.1) is 0 Å².